The molecule has 0 radical (unpaired) electrons. The number of nitrogens with zero attached hydrogens (tertiary/aromatic N) is 2. The van der Waals surface area contributed by atoms with E-state index in [0.717, 1.165) is 21.7 Å². The summed E-state index contributed by atoms with van der Waals surface area (Å²) in [4.78, 5) is 8.95. The third-order valence-corrected chi connectivity index (χ3v) is 3.71. The van der Waals surface area contributed by atoms with Crippen molar-refractivity contribution in [2.45, 2.75) is 6.92 Å². The van der Waals surface area contributed by atoms with E-state index < -0.39 is 0 Å². The fourth-order valence-electron chi connectivity index (χ4n) is 1.80. The Hall–Kier alpha value is -2.12. The van der Waals surface area contributed by atoms with Gasteiger partial charge in [-0.3, -0.25) is 0 Å². The highest BCUT2D eigenvalue weighted by molar-refractivity contribution is 7.13. The van der Waals surface area contributed by atoms with E-state index >= 15 is 0 Å². The first-order valence-electron chi connectivity index (χ1n) is 5.22. The number of aryl methyl sites for hydroxylation is 1. The van der Waals surface area contributed by atoms with Crippen LogP contribution in [0.3, 0.4) is 0 Å². The van der Waals surface area contributed by atoms with Crippen molar-refractivity contribution in [3.05, 3.63) is 40.8 Å². The highest BCUT2D eigenvalue weighted by Crippen LogP contribution is 2.28. The molecule has 0 aliphatic carbocycles. The highest BCUT2D eigenvalue weighted by Gasteiger charge is 2.09. The average molecular weight is 239 g/mol. The molecule has 2 aromatic heterocycles. The van der Waals surface area contributed by atoms with Crippen molar-refractivity contribution in [3.63, 3.8) is 0 Å². The Morgan fingerprint density at radius 2 is 2.24 bits per heavy atom. The lowest BCUT2D eigenvalue weighted by Crippen LogP contribution is -1.77. The quantitative estimate of drug-likeness (QED) is 0.707. The molecule has 1 aromatic carbocycles. The van der Waals surface area contributed by atoms with Gasteiger partial charge in [-0.1, -0.05) is 0 Å². The molecule has 4 heteroatoms. The van der Waals surface area contributed by atoms with Crippen LogP contribution in [0.15, 0.2) is 29.6 Å². The van der Waals surface area contributed by atoms with E-state index in [-0.39, 0.29) is 0 Å². The number of nitriles is 1. The van der Waals surface area contributed by atoms with Gasteiger partial charge >= 0.3 is 0 Å². The van der Waals surface area contributed by atoms with Gasteiger partial charge < -0.3 is 4.98 Å². The first-order valence-corrected chi connectivity index (χ1v) is 6.10. The number of benzene rings is 1. The molecule has 82 valence electrons. The zero-order chi connectivity index (χ0) is 11.8. The number of hydrogen-bond acceptors (Lipinski definition) is 3. The lowest BCUT2D eigenvalue weighted by atomic mass is 10.2. The van der Waals surface area contributed by atoms with E-state index in [9.17, 15) is 0 Å². The molecule has 0 amide bonds. The number of imidazole rings is 1. The summed E-state index contributed by atoms with van der Waals surface area (Å²) in [6.45, 7) is 2.07. The smallest absolute Gasteiger partial charge is 0.148 e. The van der Waals surface area contributed by atoms with Gasteiger partial charge in [-0.25, -0.2) is 4.98 Å². The second kappa shape index (κ2) is 3.72. The average Bonchev–Trinajstić information content (AvgIpc) is 2.93. The number of rotatable bonds is 1. The van der Waals surface area contributed by atoms with Gasteiger partial charge in [0.1, 0.15) is 5.82 Å². The standard InChI is InChI=1S/C13H9N3S/c1-8-4-5-17-12(8)13-15-10-3-2-9(7-14)6-11(10)16-13/h2-6H,1H3,(H,15,16). The highest BCUT2D eigenvalue weighted by atomic mass is 32.1. The summed E-state index contributed by atoms with van der Waals surface area (Å²) in [6.07, 6.45) is 0. The molecular formula is C13H9N3S. The Bertz CT molecular complexity index is 731. The van der Waals surface area contributed by atoms with E-state index in [1.807, 2.05) is 12.1 Å². The minimum atomic E-state index is 0.649. The van der Waals surface area contributed by atoms with Crippen LogP contribution in [0.4, 0.5) is 0 Å². The molecule has 1 N–H and O–H groups in total. The van der Waals surface area contributed by atoms with Crippen molar-refractivity contribution < 1.29 is 0 Å². The van der Waals surface area contributed by atoms with E-state index in [4.69, 9.17) is 5.26 Å². The first-order chi connectivity index (χ1) is 8.28. The summed E-state index contributed by atoms with van der Waals surface area (Å²) < 4.78 is 0. The number of thiophene rings is 1. The van der Waals surface area contributed by atoms with Gasteiger partial charge in [-0.05, 0) is 42.1 Å². The Morgan fingerprint density at radius 3 is 2.94 bits per heavy atom. The lowest BCUT2D eigenvalue weighted by molar-refractivity contribution is 1.34. The zero-order valence-electron chi connectivity index (χ0n) is 9.19. The fraction of sp³-hybridized carbons (Fsp3) is 0.0769. The summed E-state index contributed by atoms with van der Waals surface area (Å²) in [5, 5.41) is 10.9. The number of fused-ring (bicyclic) bond motifs is 1. The van der Waals surface area contributed by atoms with Crippen molar-refractivity contribution in [2.75, 3.05) is 0 Å². The van der Waals surface area contributed by atoms with Crippen molar-refractivity contribution >= 4 is 22.4 Å². The zero-order valence-corrected chi connectivity index (χ0v) is 10.0. The molecule has 17 heavy (non-hydrogen) atoms. The molecule has 2 heterocycles. The maximum absolute atomic E-state index is 8.85. The van der Waals surface area contributed by atoms with Crippen LogP contribution in [0.1, 0.15) is 11.1 Å². The minimum absolute atomic E-state index is 0.649. The van der Waals surface area contributed by atoms with Gasteiger partial charge in [0.25, 0.3) is 0 Å². The van der Waals surface area contributed by atoms with E-state index in [2.05, 4.69) is 34.4 Å². The van der Waals surface area contributed by atoms with Gasteiger partial charge in [0.05, 0.1) is 27.5 Å². The van der Waals surface area contributed by atoms with Gasteiger partial charge in [0.15, 0.2) is 0 Å². The van der Waals surface area contributed by atoms with Crippen molar-refractivity contribution in [1.82, 2.24) is 9.97 Å². The maximum atomic E-state index is 8.85. The second-order valence-corrected chi connectivity index (χ2v) is 4.78. The summed E-state index contributed by atoms with van der Waals surface area (Å²) in [7, 11) is 0. The van der Waals surface area contributed by atoms with Crippen LogP contribution in [-0.2, 0) is 0 Å². The summed E-state index contributed by atoms with van der Waals surface area (Å²) >= 11 is 1.67. The fourth-order valence-corrected chi connectivity index (χ4v) is 2.67. The largest absolute Gasteiger partial charge is 0.337 e. The molecular weight excluding hydrogens is 230 g/mol. The molecule has 0 spiro atoms. The van der Waals surface area contributed by atoms with Gasteiger partial charge in [0.2, 0.25) is 0 Å². The van der Waals surface area contributed by atoms with Crippen molar-refractivity contribution in [3.8, 4) is 16.8 Å². The molecule has 0 fully saturated rings. The molecule has 3 aromatic rings. The van der Waals surface area contributed by atoms with Crippen LogP contribution in [0.2, 0.25) is 0 Å². The normalized spacial score (nSPS) is 10.6. The Balaban J connectivity index is 2.21. The molecule has 0 saturated heterocycles. The third-order valence-electron chi connectivity index (χ3n) is 2.69. The topological polar surface area (TPSA) is 52.5 Å². The number of aromatic amines is 1. The number of hydrogen-bond donors (Lipinski definition) is 1. The monoisotopic (exact) mass is 239 g/mol. The predicted molar refractivity (Wildman–Crippen MR) is 68.9 cm³/mol. The summed E-state index contributed by atoms with van der Waals surface area (Å²) in [5.74, 6) is 0.877. The molecule has 0 unspecified atom stereocenters. The molecule has 3 nitrogen and oxygen atoms in total. The maximum Gasteiger partial charge on any atom is 0.148 e. The predicted octanol–water partition coefficient (Wildman–Crippen LogP) is 3.47. The Morgan fingerprint density at radius 1 is 1.35 bits per heavy atom. The Labute approximate surface area is 102 Å². The van der Waals surface area contributed by atoms with Crippen molar-refractivity contribution in [2.24, 2.45) is 0 Å². The number of aromatic nitrogens is 2. The molecule has 0 aliphatic rings. The number of H-pyrrole nitrogens is 1. The van der Waals surface area contributed by atoms with Gasteiger partial charge in [0, 0.05) is 0 Å². The molecule has 3 rings (SSSR count). The number of nitrogens with one attached hydrogen (secondary N) is 1. The first kappa shape index (κ1) is 10.1. The second-order valence-electron chi connectivity index (χ2n) is 3.86. The van der Waals surface area contributed by atoms with Crippen molar-refractivity contribution in [1.29, 1.82) is 5.26 Å². The van der Waals surface area contributed by atoms with Gasteiger partial charge in [-0.15, -0.1) is 11.3 Å². The van der Waals surface area contributed by atoms with E-state index in [1.165, 1.54) is 5.56 Å². The van der Waals surface area contributed by atoms with E-state index in [0.29, 0.717) is 5.56 Å². The minimum Gasteiger partial charge on any atom is -0.337 e. The third kappa shape index (κ3) is 1.61. The summed E-state index contributed by atoms with van der Waals surface area (Å²) in [5.41, 5.74) is 3.67. The molecule has 0 bridgehead atoms. The SMILES string of the molecule is Cc1ccsc1-c1nc2ccc(C#N)cc2[nH]1. The van der Waals surface area contributed by atoms with Crippen LogP contribution in [0.5, 0.6) is 0 Å². The Kier molecular flexibility index (Phi) is 2.20. The molecule has 0 atom stereocenters. The van der Waals surface area contributed by atoms with Crippen LogP contribution < -0.4 is 0 Å². The molecule has 0 aliphatic heterocycles. The van der Waals surface area contributed by atoms with E-state index in [1.54, 1.807) is 17.4 Å². The van der Waals surface area contributed by atoms with Gasteiger partial charge in [-0.2, -0.15) is 5.26 Å². The lowest BCUT2D eigenvalue weighted by Gasteiger charge is -1.91. The molecule has 0 saturated carbocycles. The van der Waals surface area contributed by atoms with Crippen LogP contribution in [0, 0.1) is 18.3 Å². The van der Waals surface area contributed by atoms with Crippen LogP contribution in [-0.4, -0.2) is 9.97 Å². The summed E-state index contributed by atoms with van der Waals surface area (Å²) in [6, 6.07) is 9.69. The van der Waals surface area contributed by atoms with Crippen LogP contribution >= 0.6 is 11.3 Å². The van der Waals surface area contributed by atoms with Crippen LogP contribution in [0.25, 0.3) is 21.7 Å².